The Morgan fingerprint density at radius 2 is 1.92 bits per heavy atom. The van der Waals surface area contributed by atoms with E-state index >= 15 is 0 Å². The minimum Gasteiger partial charge on any atom is -0.361 e. The van der Waals surface area contributed by atoms with Gasteiger partial charge in [-0.25, -0.2) is 0 Å². The quantitative estimate of drug-likeness (QED) is 0.557. The number of aromatic nitrogens is 1. The molecule has 1 atom stereocenters. The van der Waals surface area contributed by atoms with Crippen LogP contribution in [-0.4, -0.2) is 17.6 Å². The first-order valence-electron chi connectivity index (χ1n) is 9.84. The monoisotopic (exact) mass is 344 g/mol. The minimum absolute atomic E-state index is 0.609. The number of hydrogen-bond acceptors (Lipinski definition) is 1. The minimum atomic E-state index is 0.609. The highest BCUT2D eigenvalue weighted by Gasteiger charge is 2.16. The molecule has 0 fully saturated rings. The third kappa shape index (κ3) is 3.76. The van der Waals surface area contributed by atoms with E-state index in [9.17, 15) is 0 Å². The highest BCUT2D eigenvalue weighted by atomic mass is 14.9. The van der Waals surface area contributed by atoms with Crippen LogP contribution in [0.2, 0.25) is 0 Å². The van der Waals surface area contributed by atoms with Gasteiger partial charge in [0.15, 0.2) is 0 Å². The van der Waals surface area contributed by atoms with Crippen LogP contribution >= 0.6 is 0 Å². The Balaban J connectivity index is 1.30. The number of benzene rings is 2. The van der Waals surface area contributed by atoms with E-state index in [0.29, 0.717) is 6.04 Å². The molecule has 2 aromatic carbocycles. The second kappa shape index (κ2) is 7.92. The third-order valence-corrected chi connectivity index (χ3v) is 5.65. The van der Waals surface area contributed by atoms with E-state index in [1.54, 1.807) is 0 Å². The molecule has 0 saturated heterocycles. The molecule has 26 heavy (non-hydrogen) atoms. The lowest BCUT2D eigenvalue weighted by Crippen LogP contribution is -2.32. The van der Waals surface area contributed by atoms with Gasteiger partial charge in [-0.05, 0) is 67.0 Å². The van der Waals surface area contributed by atoms with Gasteiger partial charge in [0.1, 0.15) is 0 Å². The molecule has 0 bridgehead atoms. The predicted molar refractivity (Wildman–Crippen MR) is 111 cm³/mol. The van der Waals surface area contributed by atoms with E-state index < -0.39 is 0 Å². The van der Waals surface area contributed by atoms with Gasteiger partial charge in [0.25, 0.3) is 0 Å². The van der Waals surface area contributed by atoms with Crippen LogP contribution in [0.25, 0.3) is 16.5 Å². The van der Waals surface area contributed by atoms with Gasteiger partial charge in [-0.3, -0.25) is 0 Å². The summed E-state index contributed by atoms with van der Waals surface area (Å²) in [6.45, 7) is 3.21. The molecule has 1 unspecified atom stereocenters. The first-order valence-corrected chi connectivity index (χ1v) is 9.84. The summed E-state index contributed by atoms with van der Waals surface area (Å²) in [5, 5.41) is 5.06. The fraction of sp³-hybridized carbons (Fsp3) is 0.333. The maximum atomic E-state index is 3.68. The summed E-state index contributed by atoms with van der Waals surface area (Å²) in [7, 11) is 0. The van der Waals surface area contributed by atoms with Crippen molar-refractivity contribution < 1.29 is 0 Å². The summed E-state index contributed by atoms with van der Waals surface area (Å²) in [5.41, 5.74) is 7.06. The van der Waals surface area contributed by atoms with Crippen LogP contribution in [0.4, 0.5) is 0 Å². The molecule has 0 radical (unpaired) electrons. The summed E-state index contributed by atoms with van der Waals surface area (Å²) in [5.74, 6) is 0. The molecule has 1 aromatic heterocycles. The molecule has 2 heterocycles. The van der Waals surface area contributed by atoms with E-state index in [1.807, 2.05) is 6.20 Å². The van der Waals surface area contributed by atoms with E-state index in [2.05, 4.69) is 71.8 Å². The largest absolute Gasteiger partial charge is 0.361 e. The fourth-order valence-corrected chi connectivity index (χ4v) is 4.20. The zero-order valence-electron chi connectivity index (χ0n) is 15.6. The Hall–Kier alpha value is -2.32. The van der Waals surface area contributed by atoms with Crippen molar-refractivity contribution in [2.24, 2.45) is 0 Å². The highest BCUT2D eigenvalue weighted by Crippen LogP contribution is 2.27. The van der Waals surface area contributed by atoms with Crippen LogP contribution in [0, 0.1) is 6.92 Å². The molecule has 3 aromatic rings. The molecule has 1 aliphatic heterocycles. The van der Waals surface area contributed by atoms with E-state index in [1.165, 1.54) is 58.8 Å². The second-order valence-electron chi connectivity index (χ2n) is 7.46. The van der Waals surface area contributed by atoms with Gasteiger partial charge >= 0.3 is 0 Å². The lowest BCUT2D eigenvalue weighted by Gasteiger charge is -2.25. The van der Waals surface area contributed by atoms with E-state index in [0.717, 1.165) is 13.0 Å². The van der Waals surface area contributed by atoms with Gasteiger partial charge in [0.2, 0.25) is 0 Å². The maximum Gasteiger partial charge on any atom is 0.0456 e. The Kier molecular flexibility index (Phi) is 5.21. The number of rotatable bonds is 6. The average molecular weight is 345 g/mol. The van der Waals surface area contributed by atoms with Crippen molar-refractivity contribution in [3.63, 3.8) is 0 Å². The Morgan fingerprint density at radius 1 is 1.00 bits per heavy atom. The molecule has 0 aliphatic carbocycles. The molecule has 0 amide bonds. The molecular weight excluding hydrogens is 316 g/mol. The van der Waals surface area contributed by atoms with Crippen molar-refractivity contribution in [2.45, 2.75) is 45.1 Å². The van der Waals surface area contributed by atoms with Gasteiger partial charge in [-0.15, -0.1) is 0 Å². The molecule has 4 rings (SSSR count). The van der Waals surface area contributed by atoms with Crippen molar-refractivity contribution >= 4 is 16.5 Å². The lowest BCUT2D eigenvalue weighted by molar-refractivity contribution is 0.477. The van der Waals surface area contributed by atoms with E-state index in [4.69, 9.17) is 0 Å². The zero-order valence-corrected chi connectivity index (χ0v) is 15.6. The van der Waals surface area contributed by atoms with Crippen LogP contribution in [-0.2, 0) is 6.42 Å². The molecule has 134 valence electrons. The number of nitrogens with one attached hydrogen (secondary N) is 2. The Labute approximate surface area is 156 Å². The standard InChI is InChI=1S/C24H28N2/c1-18-7-2-5-11-22(18)20-13-15-25-21(17-20)10-4-3-8-19-9-6-12-24-23(19)14-16-26-24/h2,5-7,9,11-14,16,21,25-26H,3-4,8,10,15,17H2,1H3. The first kappa shape index (κ1) is 17.1. The third-order valence-electron chi connectivity index (χ3n) is 5.65. The molecule has 0 saturated carbocycles. The van der Waals surface area contributed by atoms with E-state index in [-0.39, 0.29) is 0 Å². The van der Waals surface area contributed by atoms with Gasteiger partial charge in [0.05, 0.1) is 0 Å². The number of hydrogen-bond donors (Lipinski definition) is 2. The smallest absolute Gasteiger partial charge is 0.0456 e. The van der Waals surface area contributed by atoms with Crippen molar-refractivity contribution in [2.75, 3.05) is 6.54 Å². The van der Waals surface area contributed by atoms with Crippen molar-refractivity contribution in [3.8, 4) is 0 Å². The summed E-state index contributed by atoms with van der Waals surface area (Å²) < 4.78 is 0. The van der Waals surface area contributed by atoms with Gasteiger partial charge < -0.3 is 10.3 Å². The zero-order chi connectivity index (χ0) is 17.8. The van der Waals surface area contributed by atoms with Crippen LogP contribution in [0.1, 0.15) is 42.4 Å². The summed E-state index contributed by atoms with van der Waals surface area (Å²) >= 11 is 0. The summed E-state index contributed by atoms with van der Waals surface area (Å²) in [6, 6.07) is 18.2. The van der Waals surface area contributed by atoms with Crippen molar-refractivity contribution in [1.29, 1.82) is 0 Å². The normalized spacial score (nSPS) is 17.4. The molecule has 1 aliphatic rings. The number of fused-ring (bicyclic) bond motifs is 1. The number of aromatic amines is 1. The molecular formula is C24H28N2. The van der Waals surface area contributed by atoms with Crippen LogP contribution in [0.5, 0.6) is 0 Å². The SMILES string of the molecule is Cc1ccccc1C1=CCNC(CCCCc2cccc3[nH]ccc23)C1. The fourth-order valence-electron chi connectivity index (χ4n) is 4.20. The molecule has 2 N–H and O–H groups in total. The lowest BCUT2D eigenvalue weighted by atomic mass is 9.90. The molecule has 2 heteroatoms. The predicted octanol–water partition coefficient (Wildman–Crippen LogP) is 5.63. The van der Waals surface area contributed by atoms with Crippen molar-refractivity contribution in [1.82, 2.24) is 10.3 Å². The number of H-pyrrole nitrogens is 1. The Bertz CT molecular complexity index is 903. The summed E-state index contributed by atoms with van der Waals surface area (Å²) in [4.78, 5) is 3.31. The molecule has 0 spiro atoms. The second-order valence-corrected chi connectivity index (χ2v) is 7.46. The maximum absolute atomic E-state index is 3.68. The average Bonchev–Trinajstić information content (AvgIpc) is 3.15. The van der Waals surface area contributed by atoms with Gasteiger partial charge in [-0.2, -0.15) is 0 Å². The number of aryl methyl sites for hydroxylation is 2. The Morgan fingerprint density at radius 3 is 2.85 bits per heavy atom. The van der Waals surface area contributed by atoms with Gasteiger partial charge in [0, 0.05) is 29.7 Å². The van der Waals surface area contributed by atoms with Gasteiger partial charge in [-0.1, -0.05) is 48.9 Å². The highest BCUT2D eigenvalue weighted by molar-refractivity contribution is 5.82. The molecule has 2 nitrogen and oxygen atoms in total. The topological polar surface area (TPSA) is 27.8 Å². The van der Waals surface area contributed by atoms with Crippen LogP contribution < -0.4 is 5.32 Å². The number of unbranched alkanes of at least 4 members (excludes halogenated alkanes) is 1. The van der Waals surface area contributed by atoms with Crippen LogP contribution in [0.15, 0.2) is 60.8 Å². The van der Waals surface area contributed by atoms with Crippen molar-refractivity contribution in [3.05, 3.63) is 77.5 Å². The summed E-state index contributed by atoms with van der Waals surface area (Å²) in [6.07, 6.45) is 10.5. The van der Waals surface area contributed by atoms with Crippen LogP contribution in [0.3, 0.4) is 0 Å². The first-order chi connectivity index (χ1) is 12.8.